The van der Waals surface area contributed by atoms with Crippen LogP contribution in [0.1, 0.15) is 11.3 Å². The van der Waals surface area contributed by atoms with Crippen LogP contribution in [0.2, 0.25) is 5.02 Å². The third kappa shape index (κ3) is 2.75. The van der Waals surface area contributed by atoms with E-state index in [1.165, 1.54) is 0 Å². The maximum absolute atomic E-state index is 6.62. The Hall–Kier alpha value is -2.89. The Morgan fingerprint density at radius 1 is 1.07 bits per heavy atom. The van der Waals surface area contributed by atoms with Crippen LogP contribution in [0.4, 0.5) is 0 Å². The van der Waals surface area contributed by atoms with Crippen LogP contribution < -0.4 is 0 Å². The molecule has 1 N–H and O–H groups in total. The van der Waals surface area contributed by atoms with Crippen LogP contribution in [0.15, 0.2) is 61.1 Å². The molecule has 138 valence electrons. The van der Waals surface area contributed by atoms with Crippen molar-refractivity contribution in [3.8, 4) is 32.3 Å². The Kier molecular flexibility index (Phi) is 4.07. The number of hydrogen-bond acceptors (Lipinski definition) is 3. The van der Waals surface area contributed by atoms with Gasteiger partial charge in [-0.05, 0) is 43.7 Å². The van der Waals surface area contributed by atoms with E-state index in [0.29, 0.717) is 0 Å². The minimum absolute atomic E-state index is 0.744. The Morgan fingerprint density at radius 2 is 1.96 bits per heavy atom. The van der Waals surface area contributed by atoms with Gasteiger partial charge in [-0.1, -0.05) is 29.8 Å². The van der Waals surface area contributed by atoms with Crippen molar-refractivity contribution in [2.45, 2.75) is 13.8 Å². The van der Waals surface area contributed by atoms with E-state index in [4.69, 9.17) is 11.6 Å². The Bertz CT molecular complexity index is 1300. The Morgan fingerprint density at radius 3 is 2.75 bits per heavy atom. The van der Waals surface area contributed by atoms with Crippen LogP contribution in [0, 0.1) is 13.8 Å². The number of H-pyrrole nitrogens is 1. The molecule has 28 heavy (non-hydrogen) atoms. The third-order valence-corrected chi connectivity index (χ3v) is 6.29. The van der Waals surface area contributed by atoms with Gasteiger partial charge in [0.25, 0.3) is 0 Å². The summed E-state index contributed by atoms with van der Waals surface area (Å²) in [4.78, 5) is 9.95. The normalized spacial score (nSPS) is 11.4. The molecular weight excluding hydrogens is 388 g/mol. The first-order valence-electron chi connectivity index (χ1n) is 8.96. The summed E-state index contributed by atoms with van der Waals surface area (Å²) in [6, 6.07) is 14.5. The number of nitrogens with zero attached hydrogens (tertiary/aromatic N) is 3. The predicted octanol–water partition coefficient (Wildman–Crippen LogP) is 6.39. The van der Waals surface area contributed by atoms with Crippen molar-refractivity contribution in [1.82, 2.24) is 19.6 Å². The minimum Gasteiger partial charge on any atom is -0.344 e. The number of nitrogens with one attached hydrogen (secondary N) is 1. The molecule has 0 spiro atoms. The van der Waals surface area contributed by atoms with E-state index in [1.54, 1.807) is 17.5 Å². The zero-order chi connectivity index (χ0) is 19.3. The molecule has 5 rings (SSSR count). The molecule has 0 bridgehead atoms. The van der Waals surface area contributed by atoms with Gasteiger partial charge < -0.3 is 4.98 Å². The minimum atomic E-state index is 0.744. The van der Waals surface area contributed by atoms with Crippen molar-refractivity contribution in [2.24, 2.45) is 0 Å². The highest BCUT2D eigenvalue weighted by Crippen LogP contribution is 2.45. The van der Waals surface area contributed by atoms with E-state index in [0.717, 1.165) is 54.1 Å². The molecular formula is C22H17ClN4S. The summed E-state index contributed by atoms with van der Waals surface area (Å²) < 4.78 is 1.93. The molecule has 5 aromatic rings. The summed E-state index contributed by atoms with van der Waals surface area (Å²) in [6.07, 6.45) is 5.59. The molecule has 0 unspecified atom stereocenters. The number of aryl methyl sites for hydroxylation is 2. The van der Waals surface area contributed by atoms with Gasteiger partial charge in [-0.2, -0.15) is 5.10 Å². The van der Waals surface area contributed by atoms with Crippen molar-refractivity contribution >= 4 is 28.5 Å². The number of aromatic amines is 1. The second-order valence-electron chi connectivity index (χ2n) is 6.77. The summed E-state index contributed by atoms with van der Waals surface area (Å²) in [7, 11) is 0. The molecule has 1 aromatic carbocycles. The first-order valence-corrected chi connectivity index (χ1v) is 10.2. The zero-order valence-corrected chi connectivity index (χ0v) is 17.0. The Balaban J connectivity index is 1.78. The van der Waals surface area contributed by atoms with E-state index in [1.807, 2.05) is 49.0 Å². The summed E-state index contributed by atoms with van der Waals surface area (Å²) in [6.45, 7) is 4.09. The van der Waals surface area contributed by atoms with Crippen LogP contribution >= 0.6 is 22.9 Å². The highest BCUT2D eigenvalue weighted by molar-refractivity contribution is 7.19. The number of fused-ring (bicyclic) bond motifs is 1. The van der Waals surface area contributed by atoms with Crippen LogP contribution in [-0.4, -0.2) is 19.6 Å². The van der Waals surface area contributed by atoms with Crippen LogP contribution in [-0.2, 0) is 0 Å². The fraction of sp³-hybridized carbons (Fsp3) is 0.0909. The van der Waals surface area contributed by atoms with Crippen LogP contribution in [0.25, 0.3) is 37.8 Å². The fourth-order valence-corrected chi connectivity index (χ4v) is 5.11. The maximum Gasteiger partial charge on any atom is 0.148 e. The second-order valence-corrected chi connectivity index (χ2v) is 8.22. The largest absolute Gasteiger partial charge is 0.344 e. The molecule has 0 aliphatic heterocycles. The predicted molar refractivity (Wildman–Crippen MR) is 116 cm³/mol. The molecule has 4 aromatic heterocycles. The molecule has 6 heteroatoms. The lowest BCUT2D eigenvalue weighted by atomic mass is 10.0. The SMILES string of the molecule is Cc1ccc(-c2cc(-c3c(C)nn4ccccc34)sc2-c2ncc[nH]2)c(Cl)c1. The number of pyridine rings is 1. The highest BCUT2D eigenvalue weighted by atomic mass is 35.5. The average molecular weight is 405 g/mol. The maximum atomic E-state index is 6.62. The zero-order valence-electron chi connectivity index (χ0n) is 15.4. The van der Waals surface area contributed by atoms with E-state index in [9.17, 15) is 0 Å². The molecule has 0 amide bonds. The number of hydrogen-bond donors (Lipinski definition) is 1. The molecule has 0 aliphatic carbocycles. The lowest BCUT2D eigenvalue weighted by Gasteiger charge is -2.05. The molecule has 0 radical (unpaired) electrons. The van der Waals surface area contributed by atoms with Gasteiger partial charge >= 0.3 is 0 Å². The molecule has 0 fully saturated rings. The molecule has 0 saturated heterocycles. The van der Waals surface area contributed by atoms with Gasteiger partial charge in [-0.3, -0.25) is 0 Å². The number of thiophene rings is 1. The number of aromatic nitrogens is 4. The first kappa shape index (κ1) is 17.2. The molecule has 0 atom stereocenters. The van der Waals surface area contributed by atoms with Crippen molar-refractivity contribution in [1.29, 1.82) is 0 Å². The van der Waals surface area contributed by atoms with Gasteiger partial charge in [0.2, 0.25) is 0 Å². The number of benzene rings is 1. The van der Waals surface area contributed by atoms with Gasteiger partial charge in [0.15, 0.2) is 0 Å². The van der Waals surface area contributed by atoms with Gasteiger partial charge in [-0.25, -0.2) is 9.50 Å². The van der Waals surface area contributed by atoms with Crippen molar-refractivity contribution in [3.63, 3.8) is 0 Å². The van der Waals surface area contributed by atoms with E-state index in [-0.39, 0.29) is 0 Å². The van der Waals surface area contributed by atoms with Crippen LogP contribution in [0.5, 0.6) is 0 Å². The summed E-state index contributed by atoms with van der Waals surface area (Å²) in [5.74, 6) is 0.844. The van der Waals surface area contributed by atoms with Gasteiger partial charge in [0.1, 0.15) is 5.82 Å². The fourth-order valence-electron chi connectivity index (χ4n) is 3.54. The topological polar surface area (TPSA) is 46.0 Å². The number of halogens is 1. The van der Waals surface area contributed by atoms with Gasteiger partial charge in [0.05, 0.1) is 16.1 Å². The van der Waals surface area contributed by atoms with Gasteiger partial charge in [-0.15, -0.1) is 11.3 Å². The second kappa shape index (κ2) is 6.62. The average Bonchev–Trinajstić information content (AvgIpc) is 3.38. The summed E-state index contributed by atoms with van der Waals surface area (Å²) >= 11 is 8.32. The van der Waals surface area contributed by atoms with Crippen molar-refractivity contribution < 1.29 is 0 Å². The van der Waals surface area contributed by atoms with E-state index in [2.05, 4.69) is 39.3 Å². The monoisotopic (exact) mass is 404 g/mol. The molecule has 4 nitrogen and oxygen atoms in total. The van der Waals surface area contributed by atoms with Gasteiger partial charge in [0, 0.05) is 45.2 Å². The highest BCUT2D eigenvalue weighted by Gasteiger charge is 2.21. The van der Waals surface area contributed by atoms with E-state index >= 15 is 0 Å². The standard InChI is InChI=1S/C22H17ClN4S/c1-13-6-7-15(17(23)11-13)16-12-19(28-21(16)22-24-8-9-25-22)20-14(2)26-27-10-4-3-5-18(20)27/h3-12H,1-2H3,(H,24,25). The quantitative estimate of drug-likeness (QED) is 0.378. The lowest BCUT2D eigenvalue weighted by molar-refractivity contribution is 0.934. The molecule has 0 saturated carbocycles. The number of rotatable bonds is 3. The smallest absolute Gasteiger partial charge is 0.148 e. The summed E-state index contributed by atoms with van der Waals surface area (Å²) in [5.41, 5.74) is 6.47. The first-order chi connectivity index (χ1) is 13.6. The van der Waals surface area contributed by atoms with Crippen molar-refractivity contribution in [2.75, 3.05) is 0 Å². The van der Waals surface area contributed by atoms with E-state index < -0.39 is 0 Å². The lowest BCUT2D eigenvalue weighted by Crippen LogP contribution is -1.83. The van der Waals surface area contributed by atoms with Crippen LogP contribution in [0.3, 0.4) is 0 Å². The third-order valence-electron chi connectivity index (χ3n) is 4.82. The number of imidazole rings is 1. The molecule has 4 heterocycles. The Labute approximate surface area is 171 Å². The van der Waals surface area contributed by atoms with Crippen molar-refractivity contribution in [3.05, 3.63) is 77.3 Å². The summed E-state index contributed by atoms with van der Waals surface area (Å²) in [5, 5.41) is 5.41. The molecule has 0 aliphatic rings.